The number of thiocarbonyl (C=S) groups is 1. The van der Waals surface area contributed by atoms with Crippen LogP contribution in [-0.4, -0.2) is 9.89 Å². The molecule has 0 bridgehead atoms. The van der Waals surface area contributed by atoms with Gasteiger partial charge >= 0.3 is 0 Å². The third kappa shape index (κ3) is 3.26. The Labute approximate surface area is 127 Å². The quantitative estimate of drug-likeness (QED) is 0.713. The molecule has 0 amide bonds. The van der Waals surface area contributed by atoms with Gasteiger partial charge in [0.05, 0.1) is 17.1 Å². The molecule has 0 N–H and O–H groups in total. The van der Waals surface area contributed by atoms with E-state index in [0.717, 1.165) is 4.99 Å². The van der Waals surface area contributed by atoms with Gasteiger partial charge in [-0.2, -0.15) is 0 Å². The molecule has 2 rings (SSSR count). The van der Waals surface area contributed by atoms with E-state index in [2.05, 4.69) is 67.3 Å². The minimum absolute atomic E-state index is 0.268. The molecule has 0 aliphatic carbocycles. The van der Waals surface area contributed by atoms with E-state index in [1.165, 1.54) is 11.1 Å². The standard InChI is InChI=1S/C18H21NS/c1-14(17-10-6-4-7-11-17)19(16(3)20)15(2)18-12-8-5-9-13-18/h4-15H,1-3H3/t14-,15+. The lowest BCUT2D eigenvalue weighted by molar-refractivity contribution is 0.272. The number of hydrogen-bond donors (Lipinski definition) is 0. The number of benzene rings is 2. The predicted molar refractivity (Wildman–Crippen MR) is 89.8 cm³/mol. The molecule has 0 spiro atoms. The molecule has 20 heavy (non-hydrogen) atoms. The van der Waals surface area contributed by atoms with Crippen LogP contribution < -0.4 is 0 Å². The van der Waals surface area contributed by atoms with Crippen LogP contribution in [0.25, 0.3) is 0 Å². The van der Waals surface area contributed by atoms with Crippen LogP contribution in [0.2, 0.25) is 0 Å². The van der Waals surface area contributed by atoms with E-state index in [-0.39, 0.29) is 12.1 Å². The third-order valence-electron chi connectivity index (χ3n) is 3.76. The largest absolute Gasteiger partial charge is 0.353 e. The summed E-state index contributed by atoms with van der Waals surface area (Å²) in [6.07, 6.45) is 0. The number of nitrogens with zero attached hydrogens (tertiary/aromatic N) is 1. The molecule has 2 aromatic carbocycles. The Bertz CT molecular complexity index is 505. The molecule has 1 nitrogen and oxygen atoms in total. The fourth-order valence-corrected chi connectivity index (χ4v) is 2.98. The van der Waals surface area contributed by atoms with Gasteiger partial charge in [0.25, 0.3) is 0 Å². The summed E-state index contributed by atoms with van der Waals surface area (Å²) in [5, 5.41) is 0. The lowest BCUT2D eigenvalue weighted by Crippen LogP contribution is -2.33. The SMILES string of the molecule is CC(=S)N([C@H](C)c1ccccc1)[C@@H](C)c1ccccc1. The lowest BCUT2D eigenvalue weighted by atomic mass is 10.0. The molecule has 0 aliphatic heterocycles. The van der Waals surface area contributed by atoms with E-state index in [0.29, 0.717) is 0 Å². The topological polar surface area (TPSA) is 3.24 Å². The molecule has 0 aromatic heterocycles. The highest BCUT2D eigenvalue weighted by molar-refractivity contribution is 7.80. The van der Waals surface area contributed by atoms with E-state index >= 15 is 0 Å². The zero-order chi connectivity index (χ0) is 14.5. The van der Waals surface area contributed by atoms with Gasteiger partial charge in [0.2, 0.25) is 0 Å². The monoisotopic (exact) mass is 283 g/mol. The molecule has 0 fully saturated rings. The first-order chi connectivity index (χ1) is 9.61. The summed E-state index contributed by atoms with van der Waals surface area (Å²) in [4.78, 5) is 3.23. The summed E-state index contributed by atoms with van der Waals surface area (Å²) < 4.78 is 0. The third-order valence-corrected chi connectivity index (χ3v) is 3.97. The van der Waals surface area contributed by atoms with Gasteiger partial charge in [0, 0.05) is 0 Å². The maximum Gasteiger partial charge on any atom is 0.0757 e. The zero-order valence-corrected chi connectivity index (χ0v) is 13.1. The Kier molecular flexibility index (Phi) is 4.91. The second-order valence-corrected chi connectivity index (χ2v) is 5.69. The highest BCUT2D eigenvalue weighted by Crippen LogP contribution is 2.30. The van der Waals surface area contributed by atoms with E-state index in [4.69, 9.17) is 12.2 Å². The fraction of sp³-hybridized carbons (Fsp3) is 0.278. The molecule has 104 valence electrons. The van der Waals surface area contributed by atoms with Crippen LogP contribution in [0.15, 0.2) is 60.7 Å². The smallest absolute Gasteiger partial charge is 0.0757 e. The molecule has 0 saturated carbocycles. The molecule has 0 unspecified atom stereocenters. The van der Waals surface area contributed by atoms with Gasteiger partial charge in [-0.15, -0.1) is 0 Å². The fourth-order valence-electron chi connectivity index (χ4n) is 2.67. The molecule has 0 radical (unpaired) electrons. The van der Waals surface area contributed by atoms with Crippen LogP contribution in [0.1, 0.15) is 44.0 Å². The average molecular weight is 283 g/mol. The summed E-state index contributed by atoms with van der Waals surface area (Å²) in [5.74, 6) is 0. The number of hydrogen-bond acceptors (Lipinski definition) is 1. The van der Waals surface area contributed by atoms with Crippen LogP contribution in [0.4, 0.5) is 0 Å². The Morgan fingerprint density at radius 3 is 1.45 bits per heavy atom. The van der Waals surface area contributed by atoms with Crippen LogP contribution >= 0.6 is 12.2 Å². The molecule has 2 heteroatoms. The lowest BCUT2D eigenvalue weighted by Gasteiger charge is -2.36. The Morgan fingerprint density at radius 2 is 1.15 bits per heavy atom. The van der Waals surface area contributed by atoms with Crippen molar-refractivity contribution in [3.8, 4) is 0 Å². The van der Waals surface area contributed by atoms with Gasteiger partial charge in [-0.25, -0.2) is 0 Å². The van der Waals surface area contributed by atoms with E-state index in [1.54, 1.807) is 0 Å². The van der Waals surface area contributed by atoms with Crippen molar-refractivity contribution in [2.24, 2.45) is 0 Å². The second kappa shape index (κ2) is 6.67. The first-order valence-corrected chi connectivity index (χ1v) is 7.41. The Balaban J connectivity index is 2.30. The van der Waals surface area contributed by atoms with Crippen molar-refractivity contribution in [3.05, 3.63) is 71.8 Å². The summed E-state index contributed by atoms with van der Waals surface area (Å²) in [6.45, 7) is 6.43. The molecule has 2 aromatic rings. The van der Waals surface area contributed by atoms with Crippen molar-refractivity contribution >= 4 is 17.2 Å². The van der Waals surface area contributed by atoms with Gasteiger partial charge in [0.1, 0.15) is 0 Å². The molecular formula is C18H21NS. The van der Waals surface area contributed by atoms with Crippen LogP contribution in [0.3, 0.4) is 0 Å². The van der Waals surface area contributed by atoms with E-state index in [1.807, 2.05) is 19.1 Å². The minimum atomic E-state index is 0.268. The molecular weight excluding hydrogens is 262 g/mol. The van der Waals surface area contributed by atoms with Crippen molar-refractivity contribution in [3.63, 3.8) is 0 Å². The van der Waals surface area contributed by atoms with Gasteiger partial charge in [0.15, 0.2) is 0 Å². The van der Waals surface area contributed by atoms with Crippen LogP contribution in [0, 0.1) is 0 Å². The summed E-state index contributed by atoms with van der Waals surface area (Å²) in [7, 11) is 0. The van der Waals surface area contributed by atoms with Crippen LogP contribution in [0.5, 0.6) is 0 Å². The van der Waals surface area contributed by atoms with Gasteiger partial charge in [-0.3, -0.25) is 0 Å². The molecule has 0 heterocycles. The maximum absolute atomic E-state index is 5.50. The van der Waals surface area contributed by atoms with Crippen molar-refractivity contribution < 1.29 is 0 Å². The Hall–Kier alpha value is -1.67. The van der Waals surface area contributed by atoms with E-state index < -0.39 is 0 Å². The minimum Gasteiger partial charge on any atom is -0.353 e. The Morgan fingerprint density at radius 1 is 0.800 bits per heavy atom. The summed E-state index contributed by atoms with van der Waals surface area (Å²) >= 11 is 5.50. The van der Waals surface area contributed by atoms with Crippen LogP contribution in [-0.2, 0) is 0 Å². The van der Waals surface area contributed by atoms with Crippen molar-refractivity contribution in [2.45, 2.75) is 32.9 Å². The normalized spacial score (nSPS) is 13.6. The van der Waals surface area contributed by atoms with E-state index in [9.17, 15) is 0 Å². The highest BCUT2D eigenvalue weighted by atomic mass is 32.1. The molecule has 0 saturated heterocycles. The van der Waals surface area contributed by atoms with Gasteiger partial charge in [-0.05, 0) is 31.9 Å². The van der Waals surface area contributed by atoms with Crippen molar-refractivity contribution in [2.75, 3.05) is 0 Å². The first kappa shape index (κ1) is 14.7. The second-order valence-electron chi connectivity index (χ2n) is 5.10. The van der Waals surface area contributed by atoms with Gasteiger partial charge < -0.3 is 4.90 Å². The summed E-state index contributed by atoms with van der Waals surface area (Å²) in [6, 6.07) is 21.6. The first-order valence-electron chi connectivity index (χ1n) is 7.00. The average Bonchev–Trinajstić information content (AvgIpc) is 2.48. The zero-order valence-electron chi connectivity index (χ0n) is 12.3. The molecule has 2 atom stereocenters. The van der Waals surface area contributed by atoms with Crippen molar-refractivity contribution in [1.29, 1.82) is 0 Å². The number of rotatable bonds is 4. The van der Waals surface area contributed by atoms with Gasteiger partial charge in [-0.1, -0.05) is 72.9 Å². The summed E-state index contributed by atoms with van der Waals surface area (Å²) in [5.41, 5.74) is 2.58. The predicted octanol–water partition coefficient (Wildman–Crippen LogP) is 5.16. The highest BCUT2D eigenvalue weighted by Gasteiger charge is 2.22. The van der Waals surface area contributed by atoms with Crippen molar-refractivity contribution in [1.82, 2.24) is 4.90 Å². The molecule has 0 aliphatic rings. The maximum atomic E-state index is 5.50.